The molecule has 3 N–H and O–H groups in total. The molecule has 92 valence electrons. The minimum atomic E-state index is -0.491. The van der Waals surface area contributed by atoms with Crippen LogP contribution in [0.5, 0.6) is 0 Å². The topological polar surface area (TPSA) is 71.2 Å². The van der Waals surface area contributed by atoms with E-state index in [2.05, 4.69) is 22.2 Å². The van der Waals surface area contributed by atoms with Crippen LogP contribution in [0.3, 0.4) is 0 Å². The third kappa shape index (κ3) is 3.17. The average Bonchev–Trinajstić information content (AvgIpc) is 2.29. The van der Waals surface area contributed by atoms with Crippen LogP contribution < -0.4 is 11.1 Å². The number of nitrogens with one attached hydrogen (secondary N) is 1. The molecule has 0 aromatic carbocycles. The molecule has 1 amide bonds. The summed E-state index contributed by atoms with van der Waals surface area (Å²) in [5, 5.41) is 3.42. The fraction of sp³-hybridized carbons (Fsp3) is 0.500. The van der Waals surface area contributed by atoms with Gasteiger partial charge in [-0.05, 0) is 38.6 Å². The quantitative estimate of drug-likeness (QED) is 0.807. The van der Waals surface area contributed by atoms with Crippen LogP contribution in [0, 0.1) is 0 Å². The molecule has 0 radical (unpaired) electrons. The molecule has 0 aliphatic carbocycles. The molecule has 1 aromatic rings. The monoisotopic (exact) mass is 234 g/mol. The normalized spacial score (nSPS) is 21.1. The van der Waals surface area contributed by atoms with Crippen LogP contribution in [0.25, 0.3) is 0 Å². The Morgan fingerprint density at radius 1 is 1.65 bits per heavy atom. The zero-order valence-corrected chi connectivity index (χ0v) is 10.0. The molecule has 1 aliphatic rings. The number of piperidine rings is 1. The molecule has 5 nitrogen and oxygen atoms in total. The summed E-state index contributed by atoms with van der Waals surface area (Å²) >= 11 is 0. The SMILES string of the molecule is CN1CCCC(Nc2ccnc(C(N)=O)c2)C1. The van der Waals surface area contributed by atoms with Crippen molar-refractivity contribution in [3.63, 3.8) is 0 Å². The van der Waals surface area contributed by atoms with E-state index in [0.29, 0.717) is 11.7 Å². The Morgan fingerprint density at radius 3 is 3.18 bits per heavy atom. The van der Waals surface area contributed by atoms with Crippen molar-refractivity contribution in [3.8, 4) is 0 Å². The minimum absolute atomic E-state index is 0.305. The Kier molecular flexibility index (Phi) is 3.58. The molecule has 1 fully saturated rings. The van der Waals surface area contributed by atoms with Gasteiger partial charge in [0, 0.05) is 24.5 Å². The Hall–Kier alpha value is -1.62. The lowest BCUT2D eigenvalue weighted by atomic mass is 10.1. The Balaban J connectivity index is 2.02. The first-order chi connectivity index (χ1) is 8.15. The van der Waals surface area contributed by atoms with Gasteiger partial charge in [-0.1, -0.05) is 0 Å². The highest BCUT2D eigenvalue weighted by Crippen LogP contribution is 2.15. The zero-order chi connectivity index (χ0) is 12.3. The fourth-order valence-corrected chi connectivity index (χ4v) is 2.17. The zero-order valence-electron chi connectivity index (χ0n) is 10.0. The number of hydrogen-bond donors (Lipinski definition) is 2. The second-order valence-electron chi connectivity index (χ2n) is 4.54. The Labute approximate surface area is 101 Å². The molecule has 0 saturated carbocycles. The lowest BCUT2D eigenvalue weighted by Crippen LogP contribution is -2.39. The average molecular weight is 234 g/mol. The van der Waals surface area contributed by atoms with Crippen molar-refractivity contribution in [2.24, 2.45) is 5.73 Å². The second-order valence-corrected chi connectivity index (χ2v) is 4.54. The van der Waals surface area contributed by atoms with Gasteiger partial charge in [0.25, 0.3) is 5.91 Å². The molecule has 1 unspecified atom stereocenters. The third-order valence-electron chi connectivity index (χ3n) is 3.01. The van der Waals surface area contributed by atoms with Gasteiger partial charge in [0.1, 0.15) is 5.69 Å². The van der Waals surface area contributed by atoms with Gasteiger partial charge in [0.15, 0.2) is 0 Å². The number of rotatable bonds is 3. The minimum Gasteiger partial charge on any atom is -0.381 e. The van der Waals surface area contributed by atoms with Gasteiger partial charge in [-0.15, -0.1) is 0 Å². The van der Waals surface area contributed by atoms with Gasteiger partial charge in [-0.25, -0.2) is 0 Å². The number of nitrogens with zero attached hydrogens (tertiary/aromatic N) is 2. The van der Waals surface area contributed by atoms with Crippen LogP contribution in [0.15, 0.2) is 18.3 Å². The number of anilines is 1. The lowest BCUT2D eigenvalue weighted by Gasteiger charge is -2.30. The van der Waals surface area contributed by atoms with Crippen molar-refractivity contribution in [1.82, 2.24) is 9.88 Å². The van der Waals surface area contributed by atoms with E-state index in [1.54, 1.807) is 12.3 Å². The maximum atomic E-state index is 11.0. The number of likely N-dealkylation sites (N-methyl/N-ethyl adjacent to an activating group) is 1. The molecule has 0 spiro atoms. The summed E-state index contributed by atoms with van der Waals surface area (Å²) in [6.45, 7) is 2.18. The lowest BCUT2D eigenvalue weighted by molar-refractivity contribution is 0.0995. The summed E-state index contributed by atoms with van der Waals surface area (Å²) in [5.41, 5.74) is 6.42. The summed E-state index contributed by atoms with van der Waals surface area (Å²) in [7, 11) is 2.12. The highest BCUT2D eigenvalue weighted by molar-refractivity contribution is 5.91. The van der Waals surface area contributed by atoms with Crippen LogP contribution in [0.2, 0.25) is 0 Å². The highest BCUT2D eigenvalue weighted by atomic mass is 16.1. The number of pyridine rings is 1. The van der Waals surface area contributed by atoms with Crippen LogP contribution in [0.1, 0.15) is 23.3 Å². The van der Waals surface area contributed by atoms with Crippen LogP contribution in [0.4, 0.5) is 5.69 Å². The molecule has 1 atom stereocenters. The number of carbonyl (C=O) groups excluding carboxylic acids is 1. The number of carbonyl (C=O) groups is 1. The van der Waals surface area contributed by atoms with E-state index in [1.165, 1.54) is 6.42 Å². The molecular weight excluding hydrogens is 216 g/mol. The van der Waals surface area contributed by atoms with Crippen molar-refractivity contribution in [3.05, 3.63) is 24.0 Å². The van der Waals surface area contributed by atoms with Gasteiger partial charge in [0.05, 0.1) is 0 Å². The highest BCUT2D eigenvalue weighted by Gasteiger charge is 2.16. The Morgan fingerprint density at radius 2 is 2.47 bits per heavy atom. The molecule has 17 heavy (non-hydrogen) atoms. The van der Waals surface area contributed by atoms with E-state index in [1.807, 2.05) is 6.07 Å². The van der Waals surface area contributed by atoms with Crippen molar-refractivity contribution in [1.29, 1.82) is 0 Å². The summed E-state index contributed by atoms with van der Waals surface area (Å²) in [6, 6.07) is 4.00. The molecule has 0 bridgehead atoms. The van der Waals surface area contributed by atoms with Crippen molar-refractivity contribution >= 4 is 11.6 Å². The van der Waals surface area contributed by atoms with Crippen molar-refractivity contribution in [2.75, 3.05) is 25.5 Å². The van der Waals surface area contributed by atoms with Crippen LogP contribution in [-0.2, 0) is 0 Å². The number of primary amides is 1. The molecule has 1 aromatic heterocycles. The summed E-state index contributed by atoms with van der Waals surface area (Å²) < 4.78 is 0. The first-order valence-electron chi connectivity index (χ1n) is 5.86. The van der Waals surface area contributed by atoms with E-state index in [0.717, 1.165) is 25.2 Å². The van der Waals surface area contributed by atoms with E-state index < -0.39 is 5.91 Å². The molecule has 2 rings (SSSR count). The van der Waals surface area contributed by atoms with E-state index in [-0.39, 0.29) is 0 Å². The maximum Gasteiger partial charge on any atom is 0.267 e. The van der Waals surface area contributed by atoms with Crippen molar-refractivity contribution < 1.29 is 4.79 Å². The number of aromatic nitrogens is 1. The predicted molar refractivity (Wildman–Crippen MR) is 66.9 cm³/mol. The first kappa shape index (κ1) is 11.9. The van der Waals surface area contributed by atoms with Gasteiger partial charge < -0.3 is 16.0 Å². The fourth-order valence-electron chi connectivity index (χ4n) is 2.17. The van der Waals surface area contributed by atoms with E-state index in [9.17, 15) is 4.79 Å². The third-order valence-corrected chi connectivity index (χ3v) is 3.01. The van der Waals surface area contributed by atoms with E-state index in [4.69, 9.17) is 5.73 Å². The van der Waals surface area contributed by atoms with E-state index >= 15 is 0 Å². The van der Waals surface area contributed by atoms with Gasteiger partial charge in [0.2, 0.25) is 0 Å². The molecule has 2 heterocycles. The molecule has 1 saturated heterocycles. The summed E-state index contributed by atoms with van der Waals surface area (Å²) in [4.78, 5) is 17.2. The van der Waals surface area contributed by atoms with Gasteiger partial charge in [-0.2, -0.15) is 0 Å². The summed E-state index contributed by atoms with van der Waals surface area (Å²) in [5.74, 6) is -0.491. The maximum absolute atomic E-state index is 11.0. The number of amides is 1. The van der Waals surface area contributed by atoms with Gasteiger partial charge in [-0.3, -0.25) is 9.78 Å². The van der Waals surface area contributed by atoms with Crippen LogP contribution >= 0.6 is 0 Å². The largest absolute Gasteiger partial charge is 0.381 e. The standard InChI is InChI=1S/C12H18N4O/c1-16-6-2-3-10(8-16)15-9-4-5-14-11(7-9)12(13)17/h4-5,7,10H,2-3,6,8H2,1H3,(H2,13,17)(H,14,15). The summed E-state index contributed by atoms with van der Waals surface area (Å²) in [6.07, 6.45) is 3.95. The van der Waals surface area contributed by atoms with Crippen molar-refractivity contribution in [2.45, 2.75) is 18.9 Å². The smallest absolute Gasteiger partial charge is 0.267 e. The number of nitrogens with two attached hydrogens (primary N) is 1. The number of hydrogen-bond acceptors (Lipinski definition) is 4. The molecule has 1 aliphatic heterocycles. The van der Waals surface area contributed by atoms with Gasteiger partial charge >= 0.3 is 0 Å². The second kappa shape index (κ2) is 5.14. The Bertz CT molecular complexity index is 407. The molecule has 5 heteroatoms. The predicted octanol–water partition coefficient (Wildman–Crippen LogP) is 0.687. The first-order valence-corrected chi connectivity index (χ1v) is 5.86. The molecular formula is C12H18N4O. The number of likely N-dealkylation sites (tertiary alicyclic amines) is 1. The van der Waals surface area contributed by atoms with Crippen LogP contribution in [-0.4, -0.2) is 42.0 Å².